The first-order chi connectivity index (χ1) is 6.65. The lowest BCUT2D eigenvalue weighted by Crippen LogP contribution is -2.36. The molecular formula is C10H21NO3. The number of carbonyl (C=O) groups excluding carboxylic acids is 1. The van der Waals surface area contributed by atoms with E-state index in [1.165, 1.54) is 4.90 Å². The molecule has 14 heavy (non-hydrogen) atoms. The maximum Gasteiger partial charge on any atom is 0.222 e. The van der Waals surface area contributed by atoms with Gasteiger partial charge in [0.15, 0.2) is 0 Å². The molecule has 0 spiro atoms. The maximum atomic E-state index is 11.6. The summed E-state index contributed by atoms with van der Waals surface area (Å²) < 4.78 is 0. The summed E-state index contributed by atoms with van der Waals surface area (Å²) in [5.41, 5.74) is 0. The highest BCUT2D eigenvalue weighted by atomic mass is 16.3. The van der Waals surface area contributed by atoms with Crippen LogP contribution in [0.3, 0.4) is 0 Å². The summed E-state index contributed by atoms with van der Waals surface area (Å²) in [6, 6.07) is 0. The van der Waals surface area contributed by atoms with Crippen LogP contribution < -0.4 is 0 Å². The van der Waals surface area contributed by atoms with Gasteiger partial charge in [-0.15, -0.1) is 0 Å². The largest absolute Gasteiger partial charge is 0.395 e. The fraction of sp³-hybridized carbons (Fsp3) is 0.900. The summed E-state index contributed by atoms with van der Waals surface area (Å²) in [7, 11) is 0. The van der Waals surface area contributed by atoms with Crippen LogP contribution in [0.1, 0.15) is 26.7 Å². The van der Waals surface area contributed by atoms with Crippen LogP contribution in [0.5, 0.6) is 0 Å². The lowest BCUT2D eigenvalue weighted by molar-refractivity contribution is -0.133. The minimum atomic E-state index is -0.0494. The fourth-order valence-corrected chi connectivity index (χ4v) is 1.17. The average Bonchev–Trinajstić information content (AvgIpc) is 2.17. The monoisotopic (exact) mass is 203 g/mol. The van der Waals surface area contributed by atoms with Crippen molar-refractivity contribution in [3.05, 3.63) is 0 Å². The number of carbonyl (C=O) groups is 1. The van der Waals surface area contributed by atoms with Gasteiger partial charge in [-0.3, -0.25) is 4.79 Å². The predicted octanol–water partition coefficient (Wildman–Crippen LogP) is 0.236. The summed E-state index contributed by atoms with van der Waals surface area (Å²) in [5.74, 6) is 0.379. The molecule has 1 amide bonds. The van der Waals surface area contributed by atoms with E-state index in [0.29, 0.717) is 25.4 Å². The standard InChI is InChI=1S/C10H21NO3/c1-3-9(2)8-10(14)11(4-6-12)5-7-13/h9,12-13H,3-8H2,1-2H3. The summed E-state index contributed by atoms with van der Waals surface area (Å²) >= 11 is 0. The van der Waals surface area contributed by atoms with Crippen molar-refractivity contribution in [2.24, 2.45) is 5.92 Å². The zero-order valence-electron chi connectivity index (χ0n) is 9.07. The highest BCUT2D eigenvalue weighted by Gasteiger charge is 2.14. The first-order valence-electron chi connectivity index (χ1n) is 5.15. The third kappa shape index (κ3) is 5.19. The molecule has 0 aliphatic rings. The second kappa shape index (κ2) is 7.76. The van der Waals surface area contributed by atoms with Crippen molar-refractivity contribution in [1.82, 2.24) is 4.90 Å². The first kappa shape index (κ1) is 13.4. The highest BCUT2D eigenvalue weighted by molar-refractivity contribution is 5.76. The van der Waals surface area contributed by atoms with E-state index in [-0.39, 0.29) is 19.1 Å². The minimum Gasteiger partial charge on any atom is -0.395 e. The van der Waals surface area contributed by atoms with Crippen molar-refractivity contribution in [3.63, 3.8) is 0 Å². The van der Waals surface area contributed by atoms with Crippen LogP contribution in [0.25, 0.3) is 0 Å². The molecule has 0 saturated carbocycles. The van der Waals surface area contributed by atoms with Gasteiger partial charge < -0.3 is 15.1 Å². The van der Waals surface area contributed by atoms with Crippen LogP contribution >= 0.6 is 0 Å². The molecule has 0 rings (SSSR count). The number of hydrogen-bond acceptors (Lipinski definition) is 3. The Morgan fingerprint density at radius 2 is 1.79 bits per heavy atom. The van der Waals surface area contributed by atoms with Gasteiger partial charge in [0.1, 0.15) is 0 Å². The molecule has 84 valence electrons. The van der Waals surface area contributed by atoms with Crippen LogP contribution in [0.15, 0.2) is 0 Å². The van der Waals surface area contributed by atoms with Gasteiger partial charge in [-0.2, -0.15) is 0 Å². The Bertz CT molecular complexity index is 155. The van der Waals surface area contributed by atoms with E-state index in [4.69, 9.17) is 10.2 Å². The normalized spacial score (nSPS) is 12.6. The molecule has 4 nitrogen and oxygen atoms in total. The third-order valence-electron chi connectivity index (χ3n) is 2.31. The van der Waals surface area contributed by atoms with E-state index in [1.54, 1.807) is 0 Å². The predicted molar refractivity (Wildman–Crippen MR) is 54.8 cm³/mol. The molecule has 0 aliphatic carbocycles. The molecule has 1 atom stereocenters. The molecule has 0 aliphatic heterocycles. The summed E-state index contributed by atoms with van der Waals surface area (Å²) in [4.78, 5) is 13.1. The van der Waals surface area contributed by atoms with Crippen molar-refractivity contribution in [2.45, 2.75) is 26.7 Å². The van der Waals surface area contributed by atoms with E-state index < -0.39 is 0 Å². The number of aliphatic hydroxyl groups excluding tert-OH is 2. The lowest BCUT2D eigenvalue weighted by atomic mass is 10.0. The molecule has 4 heteroatoms. The van der Waals surface area contributed by atoms with Gasteiger partial charge in [0.05, 0.1) is 13.2 Å². The average molecular weight is 203 g/mol. The van der Waals surface area contributed by atoms with Crippen molar-refractivity contribution in [2.75, 3.05) is 26.3 Å². The smallest absolute Gasteiger partial charge is 0.222 e. The highest BCUT2D eigenvalue weighted by Crippen LogP contribution is 2.08. The zero-order chi connectivity index (χ0) is 11.0. The Balaban J connectivity index is 4.00. The first-order valence-corrected chi connectivity index (χ1v) is 5.15. The van der Waals surface area contributed by atoms with Crippen LogP contribution in [0.4, 0.5) is 0 Å². The van der Waals surface area contributed by atoms with Crippen molar-refractivity contribution >= 4 is 5.91 Å². The Kier molecular flexibility index (Phi) is 7.42. The van der Waals surface area contributed by atoms with Gasteiger partial charge in [0, 0.05) is 19.5 Å². The molecule has 0 aromatic heterocycles. The third-order valence-corrected chi connectivity index (χ3v) is 2.31. The van der Waals surface area contributed by atoms with Gasteiger partial charge >= 0.3 is 0 Å². The van der Waals surface area contributed by atoms with Crippen LogP contribution in [-0.2, 0) is 4.79 Å². The fourth-order valence-electron chi connectivity index (χ4n) is 1.17. The van der Waals surface area contributed by atoms with E-state index in [9.17, 15) is 4.79 Å². The van der Waals surface area contributed by atoms with Crippen LogP contribution in [0.2, 0.25) is 0 Å². The molecule has 0 heterocycles. The molecular weight excluding hydrogens is 182 g/mol. The van der Waals surface area contributed by atoms with E-state index >= 15 is 0 Å². The van der Waals surface area contributed by atoms with Crippen molar-refractivity contribution < 1.29 is 15.0 Å². The second-order valence-corrected chi connectivity index (χ2v) is 3.55. The second-order valence-electron chi connectivity index (χ2n) is 3.55. The minimum absolute atomic E-state index is 0.0162. The van der Waals surface area contributed by atoms with Crippen molar-refractivity contribution in [1.29, 1.82) is 0 Å². The molecule has 2 N–H and O–H groups in total. The Morgan fingerprint density at radius 1 is 1.29 bits per heavy atom. The van der Waals surface area contributed by atoms with E-state index in [1.807, 2.05) is 13.8 Å². The molecule has 0 fully saturated rings. The van der Waals surface area contributed by atoms with Crippen molar-refractivity contribution in [3.8, 4) is 0 Å². The van der Waals surface area contributed by atoms with E-state index in [2.05, 4.69) is 0 Å². The number of aliphatic hydroxyl groups is 2. The summed E-state index contributed by atoms with van der Waals surface area (Å²) in [5, 5.41) is 17.5. The number of amides is 1. The Hall–Kier alpha value is -0.610. The SMILES string of the molecule is CCC(C)CC(=O)N(CCO)CCO. The molecule has 0 aromatic rings. The maximum absolute atomic E-state index is 11.6. The molecule has 0 bridgehead atoms. The zero-order valence-corrected chi connectivity index (χ0v) is 9.07. The number of rotatable bonds is 7. The molecule has 0 radical (unpaired) electrons. The molecule has 1 unspecified atom stereocenters. The van der Waals surface area contributed by atoms with Gasteiger partial charge in [-0.1, -0.05) is 20.3 Å². The van der Waals surface area contributed by atoms with E-state index in [0.717, 1.165) is 6.42 Å². The Morgan fingerprint density at radius 3 is 2.14 bits per heavy atom. The molecule has 0 aromatic carbocycles. The quantitative estimate of drug-likeness (QED) is 0.623. The topological polar surface area (TPSA) is 60.8 Å². The van der Waals surface area contributed by atoms with Crippen LogP contribution in [-0.4, -0.2) is 47.3 Å². The Labute approximate surface area is 85.5 Å². The van der Waals surface area contributed by atoms with Gasteiger partial charge in [0.2, 0.25) is 5.91 Å². The molecule has 0 saturated heterocycles. The summed E-state index contributed by atoms with van der Waals surface area (Å²) in [6.07, 6.45) is 1.47. The number of nitrogens with zero attached hydrogens (tertiary/aromatic N) is 1. The number of hydrogen-bond donors (Lipinski definition) is 2. The lowest BCUT2D eigenvalue weighted by Gasteiger charge is -2.22. The van der Waals surface area contributed by atoms with Gasteiger partial charge in [-0.25, -0.2) is 0 Å². The van der Waals surface area contributed by atoms with Gasteiger partial charge in [0.25, 0.3) is 0 Å². The van der Waals surface area contributed by atoms with Gasteiger partial charge in [-0.05, 0) is 5.92 Å². The summed E-state index contributed by atoms with van der Waals surface area (Å²) in [6.45, 7) is 4.60. The van der Waals surface area contributed by atoms with Crippen LogP contribution in [0, 0.1) is 5.92 Å².